The topological polar surface area (TPSA) is 61.2 Å². The van der Waals surface area contributed by atoms with Gasteiger partial charge in [-0.2, -0.15) is 0 Å². The zero-order valence-electron chi connectivity index (χ0n) is 12.7. The minimum Gasteiger partial charge on any atom is -0.493 e. The van der Waals surface area contributed by atoms with E-state index in [4.69, 9.17) is 9.47 Å². The van der Waals surface area contributed by atoms with Gasteiger partial charge in [0, 0.05) is 18.8 Å². The van der Waals surface area contributed by atoms with E-state index in [0.717, 1.165) is 31.0 Å². The first kappa shape index (κ1) is 15.3. The first-order chi connectivity index (χ1) is 10.2. The highest BCUT2D eigenvalue weighted by molar-refractivity contribution is 5.43. The Labute approximate surface area is 125 Å². The SMILES string of the molecule is COc1ccc(CC(C)NCCn2ccnn2)cc1OC. The fourth-order valence-corrected chi connectivity index (χ4v) is 2.21. The summed E-state index contributed by atoms with van der Waals surface area (Å²) in [5.41, 5.74) is 1.22. The number of methoxy groups -OCH3 is 2. The summed E-state index contributed by atoms with van der Waals surface area (Å²) in [6.45, 7) is 3.84. The van der Waals surface area contributed by atoms with Crippen molar-refractivity contribution in [3.63, 3.8) is 0 Å². The molecule has 21 heavy (non-hydrogen) atoms. The third-order valence-corrected chi connectivity index (χ3v) is 3.30. The van der Waals surface area contributed by atoms with Crippen LogP contribution in [0.5, 0.6) is 11.5 Å². The van der Waals surface area contributed by atoms with Crippen molar-refractivity contribution in [1.29, 1.82) is 0 Å². The zero-order valence-corrected chi connectivity index (χ0v) is 12.7. The fraction of sp³-hybridized carbons (Fsp3) is 0.467. The molecule has 0 radical (unpaired) electrons. The lowest BCUT2D eigenvalue weighted by Gasteiger charge is -2.15. The van der Waals surface area contributed by atoms with E-state index in [2.05, 4.69) is 28.6 Å². The summed E-state index contributed by atoms with van der Waals surface area (Å²) >= 11 is 0. The Morgan fingerprint density at radius 3 is 2.71 bits per heavy atom. The first-order valence-electron chi connectivity index (χ1n) is 7.01. The van der Waals surface area contributed by atoms with E-state index in [9.17, 15) is 0 Å². The van der Waals surface area contributed by atoms with Gasteiger partial charge in [0.05, 0.1) is 27.0 Å². The number of benzene rings is 1. The molecule has 0 aliphatic rings. The molecule has 1 aromatic heterocycles. The predicted octanol–water partition coefficient (Wildman–Crippen LogP) is 1.52. The molecule has 6 heteroatoms. The van der Waals surface area contributed by atoms with Crippen molar-refractivity contribution >= 4 is 0 Å². The largest absolute Gasteiger partial charge is 0.493 e. The van der Waals surface area contributed by atoms with Crippen LogP contribution in [0.25, 0.3) is 0 Å². The van der Waals surface area contributed by atoms with Gasteiger partial charge in [0.25, 0.3) is 0 Å². The van der Waals surface area contributed by atoms with Crippen LogP contribution in [0.15, 0.2) is 30.6 Å². The number of aromatic nitrogens is 3. The van der Waals surface area contributed by atoms with Gasteiger partial charge in [-0.3, -0.25) is 4.68 Å². The lowest BCUT2D eigenvalue weighted by molar-refractivity contribution is 0.354. The minimum atomic E-state index is 0.367. The highest BCUT2D eigenvalue weighted by Gasteiger charge is 2.08. The summed E-state index contributed by atoms with van der Waals surface area (Å²) < 4.78 is 12.4. The van der Waals surface area contributed by atoms with Crippen LogP contribution in [0, 0.1) is 0 Å². The van der Waals surface area contributed by atoms with Crippen LogP contribution in [0.4, 0.5) is 0 Å². The highest BCUT2D eigenvalue weighted by atomic mass is 16.5. The molecule has 0 saturated carbocycles. The molecule has 1 aromatic carbocycles. The molecule has 0 aliphatic heterocycles. The van der Waals surface area contributed by atoms with Crippen molar-refractivity contribution in [3.8, 4) is 11.5 Å². The van der Waals surface area contributed by atoms with E-state index in [-0.39, 0.29) is 0 Å². The molecule has 1 unspecified atom stereocenters. The number of nitrogens with one attached hydrogen (secondary N) is 1. The molecule has 0 fully saturated rings. The Kier molecular flexibility index (Phi) is 5.57. The van der Waals surface area contributed by atoms with Gasteiger partial charge in [-0.25, -0.2) is 0 Å². The molecule has 6 nitrogen and oxygen atoms in total. The Hall–Kier alpha value is -2.08. The van der Waals surface area contributed by atoms with E-state index in [0.29, 0.717) is 6.04 Å². The predicted molar refractivity (Wildman–Crippen MR) is 80.7 cm³/mol. The first-order valence-corrected chi connectivity index (χ1v) is 7.01. The molecule has 0 saturated heterocycles. The summed E-state index contributed by atoms with van der Waals surface area (Å²) in [7, 11) is 3.30. The Morgan fingerprint density at radius 1 is 1.24 bits per heavy atom. The van der Waals surface area contributed by atoms with E-state index >= 15 is 0 Å². The molecule has 0 amide bonds. The Balaban J connectivity index is 1.83. The third kappa shape index (κ3) is 4.46. The number of hydrogen-bond donors (Lipinski definition) is 1. The molecule has 0 aliphatic carbocycles. The van der Waals surface area contributed by atoms with Crippen molar-refractivity contribution < 1.29 is 9.47 Å². The van der Waals surface area contributed by atoms with Crippen LogP contribution in [-0.2, 0) is 13.0 Å². The molecule has 0 bridgehead atoms. The second kappa shape index (κ2) is 7.64. The molecule has 1 heterocycles. The van der Waals surface area contributed by atoms with Gasteiger partial charge in [-0.05, 0) is 31.0 Å². The maximum Gasteiger partial charge on any atom is 0.160 e. The standard InChI is InChI=1S/C15H22N4O2/c1-12(16-6-8-19-9-7-17-18-19)10-13-4-5-14(20-2)15(11-13)21-3/h4-5,7,9,11-12,16H,6,8,10H2,1-3H3. The van der Waals surface area contributed by atoms with Crippen LogP contribution in [-0.4, -0.2) is 41.8 Å². The van der Waals surface area contributed by atoms with Gasteiger partial charge in [0.15, 0.2) is 11.5 Å². The molecular weight excluding hydrogens is 268 g/mol. The number of ether oxygens (including phenoxy) is 2. The van der Waals surface area contributed by atoms with E-state index < -0.39 is 0 Å². The maximum absolute atomic E-state index is 5.32. The lowest BCUT2D eigenvalue weighted by Crippen LogP contribution is -2.31. The average Bonchev–Trinajstić information content (AvgIpc) is 3.00. The highest BCUT2D eigenvalue weighted by Crippen LogP contribution is 2.27. The molecule has 1 atom stereocenters. The Bertz CT molecular complexity index is 543. The fourth-order valence-electron chi connectivity index (χ4n) is 2.21. The number of hydrogen-bond acceptors (Lipinski definition) is 5. The van der Waals surface area contributed by atoms with Gasteiger partial charge >= 0.3 is 0 Å². The van der Waals surface area contributed by atoms with Gasteiger partial charge in [0.1, 0.15) is 0 Å². The monoisotopic (exact) mass is 290 g/mol. The van der Waals surface area contributed by atoms with Crippen LogP contribution < -0.4 is 14.8 Å². The number of nitrogens with zero attached hydrogens (tertiary/aromatic N) is 3. The van der Waals surface area contributed by atoms with E-state index in [1.54, 1.807) is 20.4 Å². The van der Waals surface area contributed by atoms with Crippen molar-refractivity contribution in [3.05, 3.63) is 36.2 Å². The van der Waals surface area contributed by atoms with Crippen LogP contribution in [0.2, 0.25) is 0 Å². The molecule has 2 aromatic rings. The van der Waals surface area contributed by atoms with Gasteiger partial charge in [-0.1, -0.05) is 11.3 Å². The normalized spacial score (nSPS) is 12.1. The molecule has 114 valence electrons. The van der Waals surface area contributed by atoms with E-state index in [1.807, 2.05) is 23.0 Å². The molecular formula is C15H22N4O2. The molecule has 2 rings (SSSR count). The maximum atomic E-state index is 5.32. The Morgan fingerprint density at radius 2 is 2.05 bits per heavy atom. The zero-order chi connectivity index (χ0) is 15.1. The third-order valence-electron chi connectivity index (χ3n) is 3.30. The second-order valence-electron chi connectivity index (χ2n) is 4.91. The summed E-state index contributed by atoms with van der Waals surface area (Å²) in [4.78, 5) is 0. The number of rotatable bonds is 8. The van der Waals surface area contributed by atoms with Crippen molar-refractivity contribution in [2.45, 2.75) is 25.9 Å². The summed E-state index contributed by atoms with van der Waals surface area (Å²) in [5, 5.41) is 11.2. The average molecular weight is 290 g/mol. The van der Waals surface area contributed by atoms with Crippen molar-refractivity contribution in [1.82, 2.24) is 20.3 Å². The second-order valence-corrected chi connectivity index (χ2v) is 4.91. The van der Waals surface area contributed by atoms with Crippen molar-refractivity contribution in [2.75, 3.05) is 20.8 Å². The summed E-state index contributed by atoms with van der Waals surface area (Å²) in [5.74, 6) is 1.53. The van der Waals surface area contributed by atoms with Gasteiger partial charge < -0.3 is 14.8 Å². The molecule has 0 spiro atoms. The van der Waals surface area contributed by atoms with E-state index in [1.165, 1.54) is 5.56 Å². The minimum absolute atomic E-state index is 0.367. The smallest absolute Gasteiger partial charge is 0.160 e. The lowest BCUT2D eigenvalue weighted by atomic mass is 10.1. The van der Waals surface area contributed by atoms with Crippen LogP contribution in [0.3, 0.4) is 0 Å². The van der Waals surface area contributed by atoms with Gasteiger partial charge in [0.2, 0.25) is 0 Å². The molecule has 1 N–H and O–H groups in total. The van der Waals surface area contributed by atoms with Crippen LogP contribution >= 0.6 is 0 Å². The van der Waals surface area contributed by atoms with Crippen LogP contribution in [0.1, 0.15) is 12.5 Å². The summed E-state index contributed by atoms with van der Waals surface area (Å²) in [6, 6.07) is 6.40. The quantitative estimate of drug-likeness (QED) is 0.798. The van der Waals surface area contributed by atoms with Gasteiger partial charge in [-0.15, -0.1) is 5.10 Å². The van der Waals surface area contributed by atoms with Crippen molar-refractivity contribution in [2.24, 2.45) is 0 Å². The summed E-state index contributed by atoms with van der Waals surface area (Å²) in [6.07, 6.45) is 4.48.